The molecule has 1 nitrogen and oxygen atoms in total. The van der Waals surface area contributed by atoms with Gasteiger partial charge in [-0.05, 0) is 30.4 Å². The number of hydrogen-bond acceptors (Lipinski definition) is 1. The van der Waals surface area contributed by atoms with E-state index in [1.54, 1.807) is 0 Å². The normalized spacial score (nSPS) is 27.2. The minimum absolute atomic E-state index is 0.264. The fraction of sp³-hybridized carbons (Fsp3) is 0.455. The van der Waals surface area contributed by atoms with Crippen molar-refractivity contribution in [3.8, 4) is 0 Å². The van der Waals surface area contributed by atoms with E-state index in [1.165, 1.54) is 16.7 Å². The fourth-order valence-electron chi connectivity index (χ4n) is 1.99. The Kier molecular flexibility index (Phi) is 1.69. The number of aryl methyl sites for hydroxylation is 1. The van der Waals surface area contributed by atoms with Crippen LogP contribution in [-0.2, 0) is 6.42 Å². The zero-order valence-electron chi connectivity index (χ0n) is 7.67. The smallest absolute Gasteiger partial charge is 0.0326 e. The molecule has 0 aliphatic heterocycles. The van der Waals surface area contributed by atoms with Gasteiger partial charge in [-0.1, -0.05) is 30.7 Å². The van der Waals surface area contributed by atoms with E-state index < -0.39 is 0 Å². The Morgan fingerprint density at radius 3 is 2.92 bits per heavy atom. The van der Waals surface area contributed by atoms with Crippen LogP contribution in [0.25, 0.3) is 0 Å². The van der Waals surface area contributed by atoms with Gasteiger partial charge in [0.05, 0.1) is 0 Å². The Balaban J connectivity index is 2.48. The number of nitrogens with two attached hydrogens (primary N) is 1. The van der Waals surface area contributed by atoms with Crippen molar-refractivity contribution in [3.05, 3.63) is 34.9 Å². The monoisotopic (exact) mass is 161 g/mol. The van der Waals surface area contributed by atoms with E-state index in [-0.39, 0.29) is 6.04 Å². The van der Waals surface area contributed by atoms with Gasteiger partial charge in [0.2, 0.25) is 0 Å². The highest BCUT2D eigenvalue weighted by atomic mass is 14.7. The second-order valence-corrected chi connectivity index (χ2v) is 3.91. The van der Waals surface area contributed by atoms with E-state index in [0.717, 1.165) is 6.42 Å². The molecule has 0 heterocycles. The molecule has 64 valence electrons. The minimum Gasteiger partial charge on any atom is -0.324 e. The van der Waals surface area contributed by atoms with Crippen LogP contribution < -0.4 is 5.73 Å². The Morgan fingerprint density at radius 2 is 2.17 bits per heavy atom. The lowest BCUT2D eigenvalue weighted by Crippen LogP contribution is -2.13. The van der Waals surface area contributed by atoms with Crippen LogP contribution in [0.2, 0.25) is 0 Å². The van der Waals surface area contributed by atoms with Crippen LogP contribution >= 0.6 is 0 Å². The summed E-state index contributed by atoms with van der Waals surface area (Å²) in [5.74, 6) is 0.613. The summed E-state index contributed by atoms with van der Waals surface area (Å²) < 4.78 is 0. The first-order valence-corrected chi connectivity index (χ1v) is 4.53. The molecule has 2 atom stereocenters. The molecule has 0 spiro atoms. The van der Waals surface area contributed by atoms with E-state index in [4.69, 9.17) is 5.73 Å². The van der Waals surface area contributed by atoms with Crippen molar-refractivity contribution in [2.24, 2.45) is 11.7 Å². The maximum Gasteiger partial charge on any atom is 0.0326 e. The molecule has 1 aromatic carbocycles. The lowest BCUT2D eigenvalue weighted by Gasteiger charge is -2.09. The molecule has 0 bridgehead atoms. The summed E-state index contributed by atoms with van der Waals surface area (Å²) in [6, 6.07) is 6.88. The number of rotatable bonds is 0. The van der Waals surface area contributed by atoms with Crippen LogP contribution in [0.1, 0.15) is 29.7 Å². The summed E-state index contributed by atoms with van der Waals surface area (Å²) in [7, 11) is 0. The molecular weight excluding hydrogens is 146 g/mol. The maximum absolute atomic E-state index is 6.06. The van der Waals surface area contributed by atoms with Crippen molar-refractivity contribution in [2.45, 2.75) is 26.3 Å². The molecule has 0 saturated carbocycles. The molecule has 0 fully saturated rings. The topological polar surface area (TPSA) is 26.0 Å². The lowest BCUT2D eigenvalue weighted by atomic mass is 10.0. The van der Waals surface area contributed by atoms with Crippen molar-refractivity contribution in [3.63, 3.8) is 0 Å². The van der Waals surface area contributed by atoms with Gasteiger partial charge in [0, 0.05) is 6.04 Å². The molecule has 0 radical (unpaired) electrons. The summed E-state index contributed by atoms with van der Waals surface area (Å²) in [6.45, 7) is 4.34. The van der Waals surface area contributed by atoms with Crippen molar-refractivity contribution < 1.29 is 0 Å². The third-order valence-electron chi connectivity index (χ3n) is 2.82. The SMILES string of the molecule is Cc1ccc2c(c1)[C@@H](N)C(C)C2. The van der Waals surface area contributed by atoms with Gasteiger partial charge in [-0.3, -0.25) is 0 Å². The zero-order chi connectivity index (χ0) is 8.72. The Hall–Kier alpha value is -0.820. The Morgan fingerprint density at radius 1 is 1.42 bits per heavy atom. The van der Waals surface area contributed by atoms with E-state index >= 15 is 0 Å². The van der Waals surface area contributed by atoms with Crippen LogP contribution in [0.15, 0.2) is 18.2 Å². The van der Waals surface area contributed by atoms with Crippen molar-refractivity contribution in [1.82, 2.24) is 0 Å². The highest BCUT2D eigenvalue weighted by Crippen LogP contribution is 2.34. The molecule has 0 amide bonds. The third-order valence-corrected chi connectivity index (χ3v) is 2.82. The molecule has 1 heteroatoms. The minimum atomic E-state index is 0.264. The van der Waals surface area contributed by atoms with Gasteiger partial charge in [0.15, 0.2) is 0 Å². The molecule has 1 aliphatic rings. The van der Waals surface area contributed by atoms with Crippen LogP contribution in [-0.4, -0.2) is 0 Å². The lowest BCUT2D eigenvalue weighted by molar-refractivity contribution is 0.513. The van der Waals surface area contributed by atoms with Gasteiger partial charge in [0.25, 0.3) is 0 Å². The fourth-order valence-corrected chi connectivity index (χ4v) is 1.99. The highest BCUT2D eigenvalue weighted by molar-refractivity contribution is 5.38. The van der Waals surface area contributed by atoms with E-state index in [0.29, 0.717) is 5.92 Å². The quantitative estimate of drug-likeness (QED) is 0.620. The van der Waals surface area contributed by atoms with Crippen molar-refractivity contribution in [1.29, 1.82) is 0 Å². The first-order chi connectivity index (χ1) is 5.68. The van der Waals surface area contributed by atoms with Gasteiger partial charge in [-0.2, -0.15) is 0 Å². The molecule has 12 heavy (non-hydrogen) atoms. The standard InChI is InChI=1S/C11H15N/c1-7-3-4-9-6-8(2)11(12)10(9)5-7/h3-5,8,11H,6,12H2,1-2H3/t8?,11-/m0/s1. The van der Waals surface area contributed by atoms with Gasteiger partial charge < -0.3 is 5.73 Å². The zero-order valence-corrected chi connectivity index (χ0v) is 7.67. The molecule has 0 saturated heterocycles. The van der Waals surface area contributed by atoms with E-state index in [2.05, 4.69) is 32.0 Å². The molecule has 2 N–H and O–H groups in total. The Bertz CT molecular complexity index is 304. The van der Waals surface area contributed by atoms with Crippen molar-refractivity contribution >= 4 is 0 Å². The van der Waals surface area contributed by atoms with Gasteiger partial charge in [-0.15, -0.1) is 0 Å². The van der Waals surface area contributed by atoms with Crippen molar-refractivity contribution in [2.75, 3.05) is 0 Å². The number of fused-ring (bicyclic) bond motifs is 1. The molecule has 1 aromatic rings. The van der Waals surface area contributed by atoms with E-state index in [9.17, 15) is 0 Å². The van der Waals surface area contributed by atoms with Crippen LogP contribution in [0, 0.1) is 12.8 Å². The summed E-state index contributed by atoms with van der Waals surface area (Å²) in [5.41, 5.74) is 10.2. The van der Waals surface area contributed by atoms with Crippen LogP contribution in [0.5, 0.6) is 0 Å². The molecule has 1 aliphatic carbocycles. The third kappa shape index (κ3) is 1.05. The first-order valence-electron chi connectivity index (χ1n) is 4.53. The second kappa shape index (κ2) is 2.60. The highest BCUT2D eigenvalue weighted by Gasteiger charge is 2.25. The first kappa shape index (κ1) is 7.81. The molecule has 2 rings (SSSR count). The molecule has 1 unspecified atom stereocenters. The van der Waals surface area contributed by atoms with Crippen LogP contribution in [0.3, 0.4) is 0 Å². The largest absolute Gasteiger partial charge is 0.324 e. The van der Waals surface area contributed by atoms with Crippen LogP contribution in [0.4, 0.5) is 0 Å². The molecular formula is C11H15N. The van der Waals surface area contributed by atoms with Gasteiger partial charge in [0.1, 0.15) is 0 Å². The molecule has 0 aromatic heterocycles. The average Bonchev–Trinajstić information content (AvgIpc) is 2.31. The summed E-state index contributed by atoms with van der Waals surface area (Å²) in [4.78, 5) is 0. The average molecular weight is 161 g/mol. The van der Waals surface area contributed by atoms with Gasteiger partial charge >= 0.3 is 0 Å². The second-order valence-electron chi connectivity index (χ2n) is 3.91. The number of hydrogen-bond donors (Lipinski definition) is 1. The summed E-state index contributed by atoms with van der Waals surface area (Å²) >= 11 is 0. The predicted octanol–water partition coefficient (Wildman–Crippen LogP) is 2.19. The predicted molar refractivity (Wildman–Crippen MR) is 51.0 cm³/mol. The van der Waals surface area contributed by atoms with E-state index in [1.807, 2.05) is 0 Å². The Labute approximate surface area is 73.6 Å². The maximum atomic E-state index is 6.06. The number of benzene rings is 1. The summed E-state index contributed by atoms with van der Waals surface area (Å²) in [6.07, 6.45) is 1.15. The van der Waals surface area contributed by atoms with Gasteiger partial charge in [-0.25, -0.2) is 0 Å². The summed E-state index contributed by atoms with van der Waals surface area (Å²) in [5, 5.41) is 0.